The Morgan fingerprint density at radius 3 is 2.39 bits per heavy atom. The van der Waals surface area contributed by atoms with Gasteiger partial charge in [0.1, 0.15) is 5.78 Å². The van der Waals surface area contributed by atoms with Gasteiger partial charge in [-0.1, -0.05) is 20.8 Å². The maximum atomic E-state index is 12.1. The van der Waals surface area contributed by atoms with Crippen molar-refractivity contribution in [2.45, 2.75) is 53.4 Å². The minimum atomic E-state index is -0.831. The number of carboxylic acids is 1. The second-order valence-corrected chi connectivity index (χ2v) is 7.36. The number of Topliss-reactive ketones (excluding diaryl/α,β-unsaturated/α-hetero) is 2. The third kappa shape index (κ3) is 14.8. The first kappa shape index (κ1) is 28.3. The van der Waals surface area contributed by atoms with Crippen LogP contribution in [0.3, 0.4) is 0 Å². The molecule has 0 bridgehead atoms. The number of carbonyl (C=O) groups is 4. The number of aliphatic carboxylic acids is 1. The second-order valence-electron chi connectivity index (χ2n) is 7.36. The van der Waals surface area contributed by atoms with Gasteiger partial charge in [-0.3, -0.25) is 19.2 Å². The zero-order valence-electron chi connectivity index (χ0n) is 19.0. The Morgan fingerprint density at radius 1 is 1.10 bits per heavy atom. The van der Waals surface area contributed by atoms with E-state index in [9.17, 15) is 19.2 Å². The number of hydrogen-bond acceptors (Lipinski definition) is 6. The van der Waals surface area contributed by atoms with Crippen molar-refractivity contribution >= 4 is 29.6 Å². The number of ether oxygens (including phenoxy) is 1. The molecule has 0 radical (unpaired) electrons. The SMILES string of the molecule is CCC(=O)CCOCCNc1cc(C)cc(C(=O)C(C)C)c1.O=CNCCCC(=O)O. The van der Waals surface area contributed by atoms with Crippen molar-refractivity contribution in [3.8, 4) is 0 Å². The Labute approximate surface area is 184 Å². The predicted octanol–water partition coefficient (Wildman–Crippen LogP) is 3.23. The van der Waals surface area contributed by atoms with Crippen LogP contribution in [0.2, 0.25) is 0 Å². The van der Waals surface area contributed by atoms with Gasteiger partial charge in [0.2, 0.25) is 6.41 Å². The molecule has 0 aromatic heterocycles. The fourth-order valence-electron chi connectivity index (χ4n) is 2.49. The molecule has 0 fully saturated rings. The number of rotatable bonds is 15. The highest BCUT2D eigenvalue weighted by atomic mass is 16.5. The number of carboxylic acid groups (broad SMARTS) is 1. The fourth-order valence-corrected chi connectivity index (χ4v) is 2.49. The van der Waals surface area contributed by atoms with Gasteiger partial charge in [-0.15, -0.1) is 0 Å². The van der Waals surface area contributed by atoms with E-state index in [1.807, 2.05) is 45.9 Å². The maximum absolute atomic E-state index is 12.1. The van der Waals surface area contributed by atoms with Crippen molar-refractivity contribution in [3.63, 3.8) is 0 Å². The maximum Gasteiger partial charge on any atom is 0.303 e. The number of amides is 1. The molecule has 174 valence electrons. The van der Waals surface area contributed by atoms with Gasteiger partial charge in [-0.05, 0) is 37.1 Å². The molecule has 0 saturated carbocycles. The Hall–Kier alpha value is -2.74. The van der Waals surface area contributed by atoms with Crippen LogP contribution < -0.4 is 10.6 Å². The summed E-state index contributed by atoms with van der Waals surface area (Å²) in [7, 11) is 0. The van der Waals surface area contributed by atoms with Crippen LogP contribution in [0, 0.1) is 12.8 Å². The Bertz CT molecular complexity index is 703. The summed E-state index contributed by atoms with van der Waals surface area (Å²) in [5, 5.41) is 13.7. The van der Waals surface area contributed by atoms with Crippen LogP contribution in [0.5, 0.6) is 0 Å². The van der Waals surface area contributed by atoms with Gasteiger partial charge in [0, 0.05) is 49.5 Å². The monoisotopic (exact) mass is 436 g/mol. The molecule has 0 atom stereocenters. The summed E-state index contributed by atoms with van der Waals surface area (Å²) < 4.78 is 5.42. The van der Waals surface area contributed by atoms with E-state index < -0.39 is 5.97 Å². The second kappa shape index (κ2) is 17.0. The summed E-state index contributed by atoms with van der Waals surface area (Å²) in [6.45, 7) is 9.76. The van der Waals surface area contributed by atoms with Crippen LogP contribution in [0.1, 0.15) is 62.4 Å². The quantitative estimate of drug-likeness (QED) is 0.219. The molecule has 0 saturated heterocycles. The van der Waals surface area contributed by atoms with Crippen LogP contribution in [0.4, 0.5) is 5.69 Å². The molecule has 1 amide bonds. The summed E-state index contributed by atoms with van der Waals surface area (Å²) in [6.07, 6.45) is 2.21. The van der Waals surface area contributed by atoms with E-state index in [1.165, 1.54) is 0 Å². The Morgan fingerprint density at radius 2 is 1.81 bits per heavy atom. The minimum Gasteiger partial charge on any atom is -0.481 e. The van der Waals surface area contributed by atoms with Gasteiger partial charge in [0.25, 0.3) is 0 Å². The molecule has 1 aromatic carbocycles. The first-order valence-corrected chi connectivity index (χ1v) is 10.6. The van der Waals surface area contributed by atoms with E-state index in [4.69, 9.17) is 9.84 Å². The lowest BCUT2D eigenvalue weighted by molar-refractivity contribution is -0.137. The summed E-state index contributed by atoms with van der Waals surface area (Å²) in [6, 6.07) is 5.81. The molecule has 1 rings (SSSR count). The standard InChI is InChI=1S/C18H27NO3.C5H9NO3/c1-5-17(20)6-8-22-9-7-19-16-11-14(4)10-15(12-16)18(21)13(2)3;7-4-6-3-1-2-5(8)9/h10-13,19H,5-9H2,1-4H3;4H,1-3H2,(H,6,7)(H,8,9). The van der Waals surface area contributed by atoms with E-state index in [1.54, 1.807) is 0 Å². The number of ketones is 2. The Balaban J connectivity index is 0.000000842. The van der Waals surface area contributed by atoms with Gasteiger partial charge in [0.05, 0.1) is 13.2 Å². The lowest BCUT2D eigenvalue weighted by atomic mass is 9.99. The van der Waals surface area contributed by atoms with Gasteiger partial charge >= 0.3 is 5.97 Å². The number of aryl methyl sites for hydroxylation is 1. The summed E-state index contributed by atoms with van der Waals surface area (Å²) in [5.41, 5.74) is 2.73. The molecule has 3 N–H and O–H groups in total. The molecule has 0 heterocycles. The number of nitrogens with one attached hydrogen (secondary N) is 2. The van der Waals surface area contributed by atoms with E-state index in [2.05, 4.69) is 10.6 Å². The molecule has 0 aliphatic heterocycles. The average Bonchev–Trinajstić information content (AvgIpc) is 2.72. The summed E-state index contributed by atoms with van der Waals surface area (Å²) in [5.74, 6) is -0.457. The normalized spacial score (nSPS) is 10.1. The number of anilines is 1. The number of benzene rings is 1. The van der Waals surface area contributed by atoms with Crippen molar-refractivity contribution in [1.82, 2.24) is 5.32 Å². The predicted molar refractivity (Wildman–Crippen MR) is 121 cm³/mol. The smallest absolute Gasteiger partial charge is 0.303 e. The van der Waals surface area contributed by atoms with Crippen molar-refractivity contribution in [3.05, 3.63) is 29.3 Å². The molecule has 8 nitrogen and oxygen atoms in total. The lowest BCUT2D eigenvalue weighted by Crippen LogP contribution is -2.13. The van der Waals surface area contributed by atoms with E-state index in [0.29, 0.717) is 52.0 Å². The lowest BCUT2D eigenvalue weighted by Gasteiger charge is -2.11. The van der Waals surface area contributed by atoms with Crippen molar-refractivity contribution < 1.29 is 29.0 Å². The van der Waals surface area contributed by atoms with E-state index >= 15 is 0 Å². The van der Waals surface area contributed by atoms with Gasteiger partial charge in [0.15, 0.2) is 5.78 Å². The first-order chi connectivity index (χ1) is 14.7. The van der Waals surface area contributed by atoms with Crippen LogP contribution >= 0.6 is 0 Å². The molecule has 0 aliphatic rings. The molecular formula is C23H36N2O6. The minimum absolute atomic E-state index is 0.00548. The third-order valence-corrected chi connectivity index (χ3v) is 4.18. The number of hydrogen-bond donors (Lipinski definition) is 3. The first-order valence-electron chi connectivity index (χ1n) is 10.6. The highest BCUT2D eigenvalue weighted by Gasteiger charge is 2.11. The van der Waals surface area contributed by atoms with E-state index in [0.717, 1.165) is 16.8 Å². The van der Waals surface area contributed by atoms with Crippen LogP contribution in [-0.2, 0) is 19.1 Å². The average molecular weight is 437 g/mol. The van der Waals surface area contributed by atoms with Crippen LogP contribution in [-0.4, -0.2) is 55.4 Å². The van der Waals surface area contributed by atoms with Gasteiger partial charge < -0.3 is 20.5 Å². The molecule has 0 aliphatic carbocycles. The third-order valence-electron chi connectivity index (χ3n) is 4.18. The van der Waals surface area contributed by atoms with Crippen LogP contribution in [0.25, 0.3) is 0 Å². The largest absolute Gasteiger partial charge is 0.481 e. The number of carbonyl (C=O) groups excluding carboxylic acids is 3. The molecule has 1 aromatic rings. The van der Waals surface area contributed by atoms with Crippen molar-refractivity contribution in [1.29, 1.82) is 0 Å². The Kier molecular flexibility index (Phi) is 15.5. The summed E-state index contributed by atoms with van der Waals surface area (Å²) >= 11 is 0. The van der Waals surface area contributed by atoms with Gasteiger partial charge in [-0.25, -0.2) is 0 Å². The zero-order valence-corrected chi connectivity index (χ0v) is 19.0. The zero-order chi connectivity index (χ0) is 23.6. The molecule has 0 unspecified atom stereocenters. The molecular weight excluding hydrogens is 400 g/mol. The molecule has 8 heteroatoms. The fraction of sp³-hybridized carbons (Fsp3) is 0.565. The molecule has 0 spiro atoms. The highest BCUT2D eigenvalue weighted by Crippen LogP contribution is 2.17. The molecule has 31 heavy (non-hydrogen) atoms. The van der Waals surface area contributed by atoms with Crippen LogP contribution in [0.15, 0.2) is 18.2 Å². The van der Waals surface area contributed by atoms with Crippen molar-refractivity contribution in [2.24, 2.45) is 5.92 Å². The van der Waals surface area contributed by atoms with Crippen molar-refractivity contribution in [2.75, 3.05) is 31.6 Å². The summed E-state index contributed by atoms with van der Waals surface area (Å²) in [4.78, 5) is 42.6. The van der Waals surface area contributed by atoms with E-state index in [-0.39, 0.29) is 23.9 Å². The highest BCUT2D eigenvalue weighted by molar-refractivity contribution is 5.98. The topological polar surface area (TPSA) is 122 Å². The van der Waals surface area contributed by atoms with Gasteiger partial charge in [-0.2, -0.15) is 0 Å².